The molecule has 74 valence electrons. The number of halogens is 3. The first-order valence-electron chi connectivity index (χ1n) is 4.29. The van der Waals surface area contributed by atoms with Gasteiger partial charge in [-0.3, -0.25) is 4.79 Å². The van der Waals surface area contributed by atoms with E-state index in [1.807, 2.05) is 0 Å². The summed E-state index contributed by atoms with van der Waals surface area (Å²) in [5.74, 6) is -2.04. The third-order valence-corrected chi connectivity index (χ3v) is 2.61. The first-order valence-corrected chi connectivity index (χ1v) is 4.66. The van der Waals surface area contributed by atoms with Gasteiger partial charge in [0.2, 0.25) is 0 Å². The number of carbonyl (C=O) groups excluding carboxylic acids is 1. The average Bonchev–Trinajstić information content (AvgIpc) is 2.95. The number of carbonyl (C=O) groups is 1. The minimum absolute atomic E-state index is 0.163. The normalized spacial score (nSPS) is 15.6. The van der Waals surface area contributed by atoms with Crippen LogP contribution in [-0.4, -0.2) is 5.78 Å². The van der Waals surface area contributed by atoms with Crippen LogP contribution in [0.4, 0.5) is 8.78 Å². The molecule has 1 aromatic rings. The zero-order valence-electron chi connectivity index (χ0n) is 7.19. The molecule has 0 N–H and O–H groups in total. The summed E-state index contributed by atoms with van der Waals surface area (Å²) in [4.78, 5) is 11.5. The van der Waals surface area contributed by atoms with Crippen molar-refractivity contribution in [1.29, 1.82) is 0 Å². The zero-order valence-corrected chi connectivity index (χ0v) is 7.94. The summed E-state index contributed by atoms with van der Waals surface area (Å²) < 4.78 is 26.1. The Kier molecular flexibility index (Phi) is 2.27. The minimum Gasteiger partial charge on any atom is -0.294 e. The van der Waals surface area contributed by atoms with Crippen LogP contribution < -0.4 is 0 Å². The molecule has 1 aromatic carbocycles. The maximum Gasteiger partial charge on any atom is 0.170 e. The molecule has 0 bridgehead atoms. The molecule has 0 aliphatic heterocycles. The van der Waals surface area contributed by atoms with E-state index in [9.17, 15) is 13.6 Å². The molecule has 4 heteroatoms. The molecule has 14 heavy (non-hydrogen) atoms. The molecule has 0 saturated heterocycles. The molecule has 1 aliphatic carbocycles. The van der Waals surface area contributed by atoms with Crippen molar-refractivity contribution < 1.29 is 13.6 Å². The van der Waals surface area contributed by atoms with Crippen LogP contribution in [0.5, 0.6) is 0 Å². The quantitative estimate of drug-likeness (QED) is 0.548. The maximum atomic E-state index is 13.2. The second-order valence-corrected chi connectivity index (χ2v) is 3.73. The Morgan fingerprint density at radius 1 is 1.29 bits per heavy atom. The summed E-state index contributed by atoms with van der Waals surface area (Å²) in [6.45, 7) is 0. The Labute approximate surface area is 84.7 Å². The minimum atomic E-state index is -0.753. The van der Waals surface area contributed by atoms with Gasteiger partial charge in [-0.25, -0.2) is 8.78 Å². The van der Waals surface area contributed by atoms with Gasteiger partial charge in [-0.15, -0.1) is 0 Å². The van der Waals surface area contributed by atoms with Crippen molar-refractivity contribution in [3.8, 4) is 0 Å². The van der Waals surface area contributed by atoms with Crippen molar-refractivity contribution in [2.75, 3.05) is 0 Å². The van der Waals surface area contributed by atoms with E-state index in [1.165, 1.54) is 0 Å². The Morgan fingerprint density at radius 2 is 1.86 bits per heavy atom. The van der Waals surface area contributed by atoms with Gasteiger partial charge in [0.05, 0.1) is 10.6 Å². The Bertz CT molecular complexity index is 399. The molecule has 0 radical (unpaired) electrons. The smallest absolute Gasteiger partial charge is 0.170 e. The lowest BCUT2D eigenvalue weighted by Crippen LogP contribution is -2.06. The fraction of sp³-hybridized carbons (Fsp3) is 0.300. The van der Waals surface area contributed by atoms with Gasteiger partial charge in [0.25, 0.3) is 0 Å². The summed E-state index contributed by atoms with van der Waals surface area (Å²) in [5, 5.41) is -0.401. The Hall–Kier alpha value is -0.960. The summed E-state index contributed by atoms with van der Waals surface area (Å²) in [7, 11) is 0. The zero-order chi connectivity index (χ0) is 10.3. The van der Waals surface area contributed by atoms with Crippen molar-refractivity contribution >= 4 is 17.4 Å². The van der Waals surface area contributed by atoms with Crippen LogP contribution in [0.1, 0.15) is 23.2 Å². The van der Waals surface area contributed by atoms with E-state index in [4.69, 9.17) is 11.6 Å². The van der Waals surface area contributed by atoms with Crippen LogP contribution in [-0.2, 0) is 0 Å². The van der Waals surface area contributed by atoms with Crippen LogP contribution in [0, 0.1) is 17.6 Å². The van der Waals surface area contributed by atoms with E-state index in [-0.39, 0.29) is 17.3 Å². The lowest BCUT2D eigenvalue weighted by molar-refractivity contribution is 0.0963. The van der Waals surface area contributed by atoms with Crippen LogP contribution in [0.3, 0.4) is 0 Å². The maximum absolute atomic E-state index is 13.2. The monoisotopic (exact) mass is 216 g/mol. The fourth-order valence-electron chi connectivity index (χ4n) is 1.30. The van der Waals surface area contributed by atoms with E-state index < -0.39 is 16.7 Å². The number of hydrogen-bond donors (Lipinski definition) is 0. The van der Waals surface area contributed by atoms with Crippen LogP contribution in [0.25, 0.3) is 0 Å². The molecule has 1 nitrogen and oxygen atoms in total. The topological polar surface area (TPSA) is 17.1 Å². The predicted octanol–water partition coefficient (Wildman–Crippen LogP) is 3.21. The standard InChI is InChI=1S/C10H7ClF2O/c11-9-7(13)4-3-6(12)8(9)10(14)5-1-2-5/h3-5H,1-2H2. The highest BCUT2D eigenvalue weighted by atomic mass is 35.5. The van der Waals surface area contributed by atoms with Gasteiger partial charge >= 0.3 is 0 Å². The van der Waals surface area contributed by atoms with Crippen LogP contribution in [0.15, 0.2) is 12.1 Å². The second kappa shape index (κ2) is 3.31. The highest BCUT2D eigenvalue weighted by Crippen LogP contribution is 2.36. The third-order valence-electron chi connectivity index (χ3n) is 2.24. The van der Waals surface area contributed by atoms with E-state index >= 15 is 0 Å². The molecular formula is C10H7ClF2O. The number of Topliss-reactive ketones (excluding diaryl/α,β-unsaturated/α-hetero) is 1. The summed E-state index contributed by atoms with van der Waals surface area (Å²) in [6, 6.07) is 1.85. The molecular weight excluding hydrogens is 210 g/mol. The number of ketones is 1. The van der Waals surface area contributed by atoms with Crippen molar-refractivity contribution in [2.24, 2.45) is 5.92 Å². The molecule has 0 heterocycles. The van der Waals surface area contributed by atoms with Gasteiger partial charge in [-0.05, 0) is 25.0 Å². The second-order valence-electron chi connectivity index (χ2n) is 3.36. The van der Waals surface area contributed by atoms with E-state index in [0.717, 1.165) is 25.0 Å². The molecule has 0 aromatic heterocycles. The summed E-state index contributed by atoms with van der Waals surface area (Å²) in [5.41, 5.74) is -0.297. The van der Waals surface area contributed by atoms with Gasteiger partial charge in [-0.1, -0.05) is 11.6 Å². The van der Waals surface area contributed by atoms with Gasteiger partial charge in [-0.2, -0.15) is 0 Å². The summed E-state index contributed by atoms with van der Waals surface area (Å²) >= 11 is 5.53. The molecule has 0 amide bonds. The van der Waals surface area contributed by atoms with Crippen LogP contribution in [0.2, 0.25) is 5.02 Å². The molecule has 1 saturated carbocycles. The van der Waals surface area contributed by atoms with Crippen molar-refractivity contribution in [2.45, 2.75) is 12.8 Å². The molecule has 0 unspecified atom stereocenters. The Balaban J connectivity index is 2.49. The van der Waals surface area contributed by atoms with Crippen molar-refractivity contribution in [3.63, 3.8) is 0 Å². The van der Waals surface area contributed by atoms with Gasteiger partial charge in [0.1, 0.15) is 11.6 Å². The van der Waals surface area contributed by atoms with E-state index in [1.54, 1.807) is 0 Å². The molecule has 1 aliphatic rings. The van der Waals surface area contributed by atoms with Gasteiger partial charge < -0.3 is 0 Å². The first-order chi connectivity index (χ1) is 6.61. The van der Waals surface area contributed by atoms with E-state index in [0.29, 0.717) is 0 Å². The highest BCUT2D eigenvalue weighted by molar-refractivity contribution is 6.34. The fourth-order valence-corrected chi connectivity index (χ4v) is 1.55. The predicted molar refractivity (Wildman–Crippen MR) is 48.4 cm³/mol. The Morgan fingerprint density at radius 3 is 2.43 bits per heavy atom. The molecule has 0 atom stereocenters. The largest absolute Gasteiger partial charge is 0.294 e. The van der Waals surface area contributed by atoms with E-state index in [2.05, 4.69) is 0 Å². The summed E-state index contributed by atoms with van der Waals surface area (Å²) in [6.07, 6.45) is 1.48. The van der Waals surface area contributed by atoms with Gasteiger partial charge in [0, 0.05) is 5.92 Å². The first kappa shape index (κ1) is 9.59. The van der Waals surface area contributed by atoms with Crippen molar-refractivity contribution in [3.05, 3.63) is 34.4 Å². The molecule has 0 spiro atoms. The van der Waals surface area contributed by atoms with Crippen molar-refractivity contribution in [1.82, 2.24) is 0 Å². The SMILES string of the molecule is O=C(c1c(F)ccc(F)c1Cl)C1CC1. The molecule has 1 fully saturated rings. The third kappa shape index (κ3) is 1.52. The molecule has 2 rings (SSSR count). The van der Waals surface area contributed by atoms with Gasteiger partial charge in [0.15, 0.2) is 5.78 Å². The lowest BCUT2D eigenvalue weighted by atomic mass is 10.1. The lowest BCUT2D eigenvalue weighted by Gasteiger charge is -2.04. The average molecular weight is 217 g/mol. The number of hydrogen-bond acceptors (Lipinski definition) is 1. The van der Waals surface area contributed by atoms with Crippen LogP contribution >= 0.6 is 11.6 Å². The highest BCUT2D eigenvalue weighted by Gasteiger charge is 2.33. The number of benzene rings is 1. The number of rotatable bonds is 2.